The molecule has 9 atom stereocenters. The van der Waals surface area contributed by atoms with Crippen molar-refractivity contribution in [2.24, 2.45) is 51.8 Å². The van der Waals surface area contributed by atoms with Crippen molar-refractivity contribution < 1.29 is 19.4 Å². The van der Waals surface area contributed by atoms with Crippen LogP contribution in [0.5, 0.6) is 0 Å². The molecule has 4 saturated carbocycles. The summed E-state index contributed by atoms with van der Waals surface area (Å²) in [5.74, 6) is 2.82. The van der Waals surface area contributed by atoms with Crippen LogP contribution in [0.3, 0.4) is 0 Å². The molecular weight excluding hydrogens is 388 g/mol. The highest BCUT2D eigenvalue weighted by Gasteiger charge is 2.67. The molecule has 4 aliphatic rings. The summed E-state index contributed by atoms with van der Waals surface area (Å²) in [6.07, 6.45) is 8.52. The van der Waals surface area contributed by atoms with Crippen LogP contribution in [0.15, 0.2) is 0 Å². The highest BCUT2D eigenvalue weighted by atomic mass is 16.5. The summed E-state index contributed by atoms with van der Waals surface area (Å²) >= 11 is 0. The SMILES string of the molecule is COC(=O)CCC(C)C1CC[C@H]2[C@@H]3C(=O)C(C)(C)[C@@H]4C[C@H](O)CC[C@]4(C)[C@H]3CC[C@]12C. The number of ketones is 1. The lowest BCUT2D eigenvalue weighted by molar-refractivity contribution is -0.186. The van der Waals surface area contributed by atoms with Crippen molar-refractivity contribution in [2.75, 3.05) is 7.11 Å². The van der Waals surface area contributed by atoms with Crippen LogP contribution < -0.4 is 0 Å². The molecule has 0 amide bonds. The molecule has 0 heterocycles. The number of ether oxygens (including phenoxy) is 1. The topological polar surface area (TPSA) is 63.6 Å². The maximum absolute atomic E-state index is 14.1. The second-order valence-corrected chi connectivity index (χ2v) is 12.6. The number of esters is 1. The van der Waals surface area contributed by atoms with E-state index in [1.165, 1.54) is 20.0 Å². The predicted molar refractivity (Wildman–Crippen MR) is 121 cm³/mol. The molecule has 0 radical (unpaired) electrons. The summed E-state index contributed by atoms with van der Waals surface area (Å²) in [6.45, 7) is 11.6. The van der Waals surface area contributed by atoms with Gasteiger partial charge in [-0.15, -0.1) is 0 Å². The summed E-state index contributed by atoms with van der Waals surface area (Å²) in [6, 6.07) is 0. The first kappa shape index (κ1) is 23.3. The third-order valence-corrected chi connectivity index (χ3v) is 11.0. The quantitative estimate of drug-likeness (QED) is 0.603. The number of carbonyl (C=O) groups excluding carboxylic acids is 2. The number of rotatable bonds is 4. The van der Waals surface area contributed by atoms with E-state index < -0.39 is 0 Å². The second kappa shape index (κ2) is 7.85. The van der Waals surface area contributed by atoms with E-state index in [2.05, 4.69) is 34.6 Å². The molecule has 4 aliphatic carbocycles. The minimum Gasteiger partial charge on any atom is -0.469 e. The molecule has 0 saturated heterocycles. The molecule has 0 aromatic carbocycles. The van der Waals surface area contributed by atoms with Crippen molar-refractivity contribution >= 4 is 11.8 Å². The summed E-state index contributed by atoms with van der Waals surface area (Å²) < 4.78 is 4.87. The number of hydrogen-bond acceptors (Lipinski definition) is 4. The molecule has 4 fully saturated rings. The van der Waals surface area contributed by atoms with Gasteiger partial charge in [0, 0.05) is 17.8 Å². The van der Waals surface area contributed by atoms with Gasteiger partial charge >= 0.3 is 5.97 Å². The Labute approximate surface area is 188 Å². The molecule has 176 valence electrons. The molecule has 0 spiro atoms. The van der Waals surface area contributed by atoms with Gasteiger partial charge in [-0.3, -0.25) is 9.59 Å². The highest BCUT2D eigenvalue weighted by molar-refractivity contribution is 5.88. The Hall–Kier alpha value is -0.900. The number of aliphatic hydroxyl groups excluding tert-OH is 1. The van der Waals surface area contributed by atoms with E-state index in [0.29, 0.717) is 35.9 Å². The van der Waals surface area contributed by atoms with Crippen molar-refractivity contribution in [3.8, 4) is 0 Å². The maximum atomic E-state index is 14.1. The molecule has 0 bridgehead atoms. The van der Waals surface area contributed by atoms with E-state index in [0.717, 1.165) is 38.5 Å². The van der Waals surface area contributed by atoms with Gasteiger partial charge < -0.3 is 9.84 Å². The minimum atomic E-state index is -0.357. The van der Waals surface area contributed by atoms with Crippen molar-refractivity contribution in [3.05, 3.63) is 0 Å². The summed E-state index contributed by atoms with van der Waals surface area (Å²) in [7, 11) is 1.47. The zero-order chi connectivity index (χ0) is 22.8. The van der Waals surface area contributed by atoms with Crippen LogP contribution in [0.1, 0.15) is 92.4 Å². The number of Topliss-reactive ketones (excluding diaryl/α,β-unsaturated/α-hetero) is 1. The molecule has 0 aliphatic heterocycles. The van der Waals surface area contributed by atoms with Gasteiger partial charge in [0.25, 0.3) is 0 Å². The summed E-state index contributed by atoms with van der Waals surface area (Å²) in [5, 5.41) is 10.4. The van der Waals surface area contributed by atoms with Crippen molar-refractivity contribution in [1.82, 2.24) is 0 Å². The van der Waals surface area contributed by atoms with Gasteiger partial charge in [-0.1, -0.05) is 34.6 Å². The van der Waals surface area contributed by atoms with Crippen molar-refractivity contribution in [2.45, 2.75) is 98.5 Å². The van der Waals surface area contributed by atoms with Crippen molar-refractivity contribution in [1.29, 1.82) is 0 Å². The molecule has 4 rings (SSSR count). The number of carbonyl (C=O) groups is 2. The Morgan fingerprint density at radius 2 is 1.71 bits per heavy atom. The van der Waals surface area contributed by atoms with Crippen LogP contribution in [0.2, 0.25) is 0 Å². The third-order valence-electron chi connectivity index (χ3n) is 11.0. The van der Waals surface area contributed by atoms with Crippen LogP contribution in [0.4, 0.5) is 0 Å². The van der Waals surface area contributed by atoms with E-state index >= 15 is 0 Å². The van der Waals surface area contributed by atoms with E-state index in [-0.39, 0.29) is 40.2 Å². The predicted octanol–water partition coefficient (Wildman–Crippen LogP) is 5.41. The zero-order valence-electron chi connectivity index (χ0n) is 20.6. The van der Waals surface area contributed by atoms with Gasteiger partial charge in [0.15, 0.2) is 0 Å². The van der Waals surface area contributed by atoms with Gasteiger partial charge in [-0.25, -0.2) is 0 Å². The Bertz CT molecular complexity index is 729. The first-order chi connectivity index (χ1) is 14.5. The highest BCUT2D eigenvalue weighted by Crippen LogP contribution is 2.70. The van der Waals surface area contributed by atoms with Crippen LogP contribution in [-0.2, 0) is 14.3 Å². The van der Waals surface area contributed by atoms with Gasteiger partial charge in [0.05, 0.1) is 13.2 Å². The number of aliphatic hydroxyl groups is 1. The first-order valence-corrected chi connectivity index (χ1v) is 12.8. The Morgan fingerprint density at radius 3 is 2.39 bits per heavy atom. The minimum absolute atomic E-state index is 0.113. The lowest BCUT2D eigenvalue weighted by Gasteiger charge is -2.64. The fourth-order valence-corrected chi connectivity index (χ4v) is 9.34. The smallest absolute Gasteiger partial charge is 0.305 e. The van der Waals surface area contributed by atoms with E-state index in [9.17, 15) is 14.7 Å². The van der Waals surface area contributed by atoms with E-state index in [1.54, 1.807) is 0 Å². The van der Waals surface area contributed by atoms with Crippen LogP contribution in [0.25, 0.3) is 0 Å². The Kier molecular flexibility index (Phi) is 5.89. The average molecular weight is 433 g/mol. The van der Waals surface area contributed by atoms with Gasteiger partial charge in [-0.2, -0.15) is 0 Å². The lowest BCUT2D eigenvalue weighted by atomic mass is 9.39. The number of fused-ring (bicyclic) bond motifs is 5. The average Bonchev–Trinajstić information content (AvgIpc) is 3.08. The number of methoxy groups -OCH3 is 1. The maximum Gasteiger partial charge on any atom is 0.305 e. The molecule has 4 heteroatoms. The molecule has 0 aromatic rings. The fraction of sp³-hybridized carbons (Fsp3) is 0.926. The van der Waals surface area contributed by atoms with Crippen LogP contribution in [0, 0.1) is 51.8 Å². The monoisotopic (exact) mass is 432 g/mol. The third kappa shape index (κ3) is 3.42. The molecule has 31 heavy (non-hydrogen) atoms. The van der Waals surface area contributed by atoms with Gasteiger partial charge in [0.1, 0.15) is 5.78 Å². The molecular formula is C27H44O4. The Morgan fingerprint density at radius 1 is 1.06 bits per heavy atom. The van der Waals surface area contributed by atoms with E-state index in [1.807, 2.05) is 0 Å². The second-order valence-electron chi connectivity index (χ2n) is 12.6. The summed E-state index contributed by atoms with van der Waals surface area (Å²) in [5.41, 5.74) is 0.00119. The number of hydrogen-bond donors (Lipinski definition) is 1. The Balaban J connectivity index is 1.61. The molecule has 1 N–H and O–H groups in total. The molecule has 2 unspecified atom stereocenters. The molecule has 0 aromatic heterocycles. The van der Waals surface area contributed by atoms with Crippen molar-refractivity contribution in [3.63, 3.8) is 0 Å². The molecule has 4 nitrogen and oxygen atoms in total. The first-order valence-electron chi connectivity index (χ1n) is 12.8. The summed E-state index contributed by atoms with van der Waals surface area (Å²) in [4.78, 5) is 25.8. The zero-order valence-corrected chi connectivity index (χ0v) is 20.6. The normalized spacial score (nSPS) is 47.1. The fourth-order valence-electron chi connectivity index (χ4n) is 9.34. The van der Waals surface area contributed by atoms with Crippen LogP contribution in [-0.4, -0.2) is 30.1 Å². The largest absolute Gasteiger partial charge is 0.469 e. The van der Waals surface area contributed by atoms with Crippen LogP contribution >= 0.6 is 0 Å². The lowest BCUT2D eigenvalue weighted by Crippen LogP contribution is -2.63. The van der Waals surface area contributed by atoms with E-state index in [4.69, 9.17) is 4.74 Å². The standard InChI is InChI=1S/C27H44O4/c1-16(7-10-22(29)31-6)18-8-9-19-23-20(12-14-26(18,19)4)27(5)13-11-17(28)15-21(27)25(2,3)24(23)30/h16-21,23,28H,7-15H2,1-6H3/t16?,17-,18?,19+,20+,21+,23+,26-,27-/m1/s1. The van der Waals surface area contributed by atoms with Gasteiger partial charge in [-0.05, 0) is 91.8 Å². The van der Waals surface area contributed by atoms with Gasteiger partial charge in [0.2, 0.25) is 0 Å².